The summed E-state index contributed by atoms with van der Waals surface area (Å²) >= 11 is 17.0. The molecule has 0 aromatic carbocycles. The molecule has 4 nitrogen and oxygen atoms in total. The highest BCUT2D eigenvalue weighted by molar-refractivity contribution is 6.33. The van der Waals surface area contributed by atoms with Gasteiger partial charge in [0.25, 0.3) is 0 Å². The lowest BCUT2D eigenvalue weighted by atomic mass is 10.4. The van der Waals surface area contributed by atoms with Crippen molar-refractivity contribution in [3.8, 4) is 0 Å². The molecule has 0 atom stereocenters. The average Bonchev–Trinajstić information content (AvgIpc) is 2.27. The van der Waals surface area contributed by atoms with Crippen molar-refractivity contribution in [2.75, 3.05) is 5.32 Å². The monoisotopic (exact) mass is 292 g/mol. The summed E-state index contributed by atoms with van der Waals surface area (Å²) in [6.45, 7) is 0. The lowest BCUT2D eigenvalue weighted by molar-refractivity contribution is 0.626. The van der Waals surface area contributed by atoms with Gasteiger partial charge >= 0.3 is 0 Å². The molecule has 0 aliphatic carbocycles. The zero-order valence-electron chi connectivity index (χ0n) is 8.09. The molecule has 0 saturated carbocycles. The van der Waals surface area contributed by atoms with E-state index in [9.17, 15) is 4.39 Å². The fourth-order valence-corrected chi connectivity index (χ4v) is 1.51. The van der Waals surface area contributed by atoms with Crippen molar-refractivity contribution in [3.05, 3.63) is 39.5 Å². The smallest absolute Gasteiger partial charge is 0.175 e. The van der Waals surface area contributed by atoms with Crippen molar-refractivity contribution in [2.45, 2.75) is 0 Å². The molecule has 0 amide bonds. The second-order valence-electron chi connectivity index (χ2n) is 2.98. The average molecular weight is 294 g/mol. The molecule has 2 aromatic heterocycles. The second-order valence-corrected chi connectivity index (χ2v) is 4.16. The number of anilines is 2. The summed E-state index contributed by atoms with van der Waals surface area (Å²) in [7, 11) is 0. The SMILES string of the molecule is Fc1cc(Cl)cnc1Nc1cc(Cl)nnc1Cl. The van der Waals surface area contributed by atoms with E-state index >= 15 is 0 Å². The predicted molar refractivity (Wildman–Crippen MR) is 64.5 cm³/mol. The fourth-order valence-electron chi connectivity index (χ4n) is 1.07. The fraction of sp³-hybridized carbons (Fsp3) is 0. The maximum Gasteiger partial charge on any atom is 0.175 e. The van der Waals surface area contributed by atoms with Crippen LogP contribution < -0.4 is 5.32 Å². The first-order valence-electron chi connectivity index (χ1n) is 4.33. The van der Waals surface area contributed by atoms with Gasteiger partial charge < -0.3 is 5.32 Å². The Hall–Kier alpha value is -1.17. The Kier molecular flexibility index (Phi) is 3.61. The van der Waals surface area contributed by atoms with Crippen LogP contribution in [0.4, 0.5) is 15.9 Å². The number of hydrogen-bond acceptors (Lipinski definition) is 4. The Morgan fingerprint density at radius 1 is 1.12 bits per heavy atom. The van der Waals surface area contributed by atoms with Crippen molar-refractivity contribution < 1.29 is 4.39 Å². The molecule has 17 heavy (non-hydrogen) atoms. The highest BCUT2D eigenvalue weighted by Gasteiger charge is 2.09. The van der Waals surface area contributed by atoms with Crippen LogP contribution in [0.5, 0.6) is 0 Å². The molecule has 2 aromatic rings. The Balaban J connectivity index is 2.34. The Labute approximate surface area is 111 Å². The van der Waals surface area contributed by atoms with E-state index in [2.05, 4.69) is 20.5 Å². The second kappa shape index (κ2) is 5.00. The van der Waals surface area contributed by atoms with Crippen LogP contribution in [0.2, 0.25) is 15.3 Å². The zero-order chi connectivity index (χ0) is 12.4. The minimum Gasteiger partial charge on any atom is -0.335 e. The number of aromatic nitrogens is 3. The topological polar surface area (TPSA) is 50.7 Å². The van der Waals surface area contributed by atoms with Crippen LogP contribution in [0.3, 0.4) is 0 Å². The van der Waals surface area contributed by atoms with E-state index in [1.165, 1.54) is 12.3 Å². The van der Waals surface area contributed by atoms with E-state index in [1.54, 1.807) is 0 Å². The van der Waals surface area contributed by atoms with E-state index in [1.807, 2.05) is 0 Å². The van der Waals surface area contributed by atoms with Gasteiger partial charge in [0.2, 0.25) is 0 Å². The lowest BCUT2D eigenvalue weighted by Gasteiger charge is -2.07. The Morgan fingerprint density at radius 2 is 1.88 bits per heavy atom. The van der Waals surface area contributed by atoms with Gasteiger partial charge in [-0.1, -0.05) is 34.8 Å². The van der Waals surface area contributed by atoms with Crippen molar-refractivity contribution >= 4 is 46.3 Å². The molecule has 0 saturated heterocycles. The first-order valence-corrected chi connectivity index (χ1v) is 5.46. The molecule has 2 rings (SSSR count). The molecule has 0 bridgehead atoms. The summed E-state index contributed by atoms with van der Waals surface area (Å²) in [6, 6.07) is 2.54. The molecule has 88 valence electrons. The predicted octanol–water partition coefficient (Wildman–Crippen LogP) is 3.71. The van der Waals surface area contributed by atoms with Crippen molar-refractivity contribution in [3.63, 3.8) is 0 Å². The Morgan fingerprint density at radius 3 is 2.59 bits per heavy atom. The molecule has 0 unspecified atom stereocenters. The van der Waals surface area contributed by atoms with Gasteiger partial charge in [-0.25, -0.2) is 9.37 Å². The summed E-state index contributed by atoms with van der Waals surface area (Å²) in [5.74, 6) is -0.637. The summed E-state index contributed by atoms with van der Waals surface area (Å²) in [5, 5.41) is 10.1. The van der Waals surface area contributed by atoms with Crippen molar-refractivity contribution in [1.29, 1.82) is 0 Å². The number of rotatable bonds is 2. The summed E-state index contributed by atoms with van der Waals surface area (Å²) in [5.41, 5.74) is 0.306. The third-order valence-electron chi connectivity index (χ3n) is 1.78. The molecule has 2 heterocycles. The van der Waals surface area contributed by atoms with Crippen molar-refractivity contribution in [1.82, 2.24) is 15.2 Å². The van der Waals surface area contributed by atoms with Gasteiger partial charge in [-0.05, 0) is 6.07 Å². The van der Waals surface area contributed by atoms with Gasteiger partial charge in [-0.3, -0.25) is 0 Å². The minimum absolute atomic E-state index is 0.0274. The summed E-state index contributed by atoms with van der Waals surface area (Å²) in [4.78, 5) is 3.78. The molecule has 1 N–H and O–H groups in total. The molecule has 0 radical (unpaired) electrons. The molecule has 8 heteroatoms. The first-order chi connectivity index (χ1) is 8.06. The van der Waals surface area contributed by atoms with Crippen LogP contribution in [0.1, 0.15) is 0 Å². The molecule has 0 spiro atoms. The first kappa shape index (κ1) is 12.3. The number of pyridine rings is 1. The molecule has 0 aliphatic heterocycles. The van der Waals surface area contributed by atoms with Gasteiger partial charge in [-0.15, -0.1) is 10.2 Å². The molecular formula is C9H4Cl3FN4. The number of nitrogens with one attached hydrogen (secondary N) is 1. The van der Waals surface area contributed by atoms with E-state index in [0.717, 1.165) is 6.07 Å². The summed E-state index contributed by atoms with van der Waals surface area (Å²) in [6.07, 6.45) is 1.30. The quantitative estimate of drug-likeness (QED) is 0.917. The third-order valence-corrected chi connectivity index (χ3v) is 2.45. The zero-order valence-corrected chi connectivity index (χ0v) is 10.4. The van der Waals surface area contributed by atoms with Crippen LogP contribution in [0.15, 0.2) is 18.3 Å². The van der Waals surface area contributed by atoms with E-state index in [0.29, 0.717) is 5.69 Å². The summed E-state index contributed by atoms with van der Waals surface area (Å²) < 4.78 is 13.4. The van der Waals surface area contributed by atoms with Gasteiger partial charge in [-0.2, -0.15) is 0 Å². The number of hydrogen-bond donors (Lipinski definition) is 1. The van der Waals surface area contributed by atoms with Crippen LogP contribution in [-0.4, -0.2) is 15.2 Å². The maximum absolute atomic E-state index is 13.4. The Bertz CT molecular complexity index is 564. The van der Waals surface area contributed by atoms with Crippen LogP contribution in [-0.2, 0) is 0 Å². The minimum atomic E-state index is -0.610. The number of halogens is 4. The van der Waals surface area contributed by atoms with Crippen molar-refractivity contribution in [2.24, 2.45) is 0 Å². The highest BCUT2D eigenvalue weighted by Crippen LogP contribution is 2.26. The van der Waals surface area contributed by atoms with E-state index < -0.39 is 5.82 Å². The maximum atomic E-state index is 13.4. The molecule has 0 aliphatic rings. The van der Waals surface area contributed by atoms with E-state index in [-0.39, 0.29) is 21.1 Å². The van der Waals surface area contributed by atoms with Gasteiger partial charge in [0, 0.05) is 12.3 Å². The van der Waals surface area contributed by atoms with Crippen LogP contribution in [0.25, 0.3) is 0 Å². The molecular weight excluding hydrogens is 289 g/mol. The van der Waals surface area contributed by atoms with Gasteiger partial charge in [0.05, 0.1) is 10.7 Å². The largest absolute Gasteiger partial charge is 0.335 e. The lowest BCUT2D eigenvalue weighted by Crippen LogP contribution is -1.99. The highest BCUT2D eigenvalue weighted by atomic mass is 35.5. The van der Waals surface area contributed by atoms with Crippen LogP contribution in [0, 0.1) is 5.82 Å². The molecule has 0 fully saturated rings. The van der Waals surface area contributed by atoms with Gasteiger partial charge in [0.15, 0.2) is 21.9 Å². The third kappa shape index (κ3) is 2.94. The number of nitrogens with zero attached hydrogens (tertiary/aromatic N) is 3. The normalized spacial score (nSPS) is 10.4. The standard InChI is InChI=1S/C9H4Cl3FN4/c10-4-1-5(13)9(14-3-4)15-6-2-7(11)16-17-8(6)12/h1-3H,(H,14,15,16). The van der Waals surface area contributed by atoms with Crippen LogP contribution >= 0.6 is 34.8 Å². The van der Waals surface area contributed by atoms with Gasteiger partial charge in [0.1, 0.15) is 0 Å². The van der Waals surface area contributed by atoms with E-state index in [4.69, 9.17) is 34.8 Å².